The summed E-state index contributed by atoms with van der Waals surface area (Å²) in [6.07, 6.45) is 7.22. The van der Waals surface area contributed by atoms with Gasteiger partial charge in [-0.25, -0.2) is 8.42 Å². The molecule has 1 aliphatic rings. The number of rotatable bonds is 3. The van der Waals surface area contributed by atoms with E-state index in [-0.39, 0.29) is 11.8 Å². The Morgan fingerprint density at radius 2 is 2.29 bits per heavy atom. The topological polar surface area (TPSA) is 78.0 Å². The lowest BCUT2D eigenvalue weighted by atomic mass is 10.1. The molecule has 0 bridgehead atoms. The average Bonchev–Trinajstić information content (AvgIpc) is 2.55. The molecule has 0 amide bonds. The first kappa shape index (κ1) is 12.6. The molecule has 0 aliphatic heterocycles. The highest BCUT2D eigenvalue weighted by molar-refractivity contribution is 7.90. The van der Waals surface area contributed by atoms with Crippen LogP contribution >= 0.6 is 0 Å². The van der Waals surface area contributed by atoms with Gasteiger partial charge in [0.15, 0.2) is 0 Å². The van der Waals surface area contributed by atoms with Crippen molar-refractivity contribution in [3.8, 4) is 0 Å². The van der Waals surface area contributed by atoms with Crippen LogP contribution in [0.3, 0.4) is 0 Å². The highest BCUT2D eigenvalue weighted by atomic mass is 32.2. The monoisotopic (exact) mass is 257 g/mol. The SMILES string of the molecule is CS(=O)(=O)CCn1ncc2c1CCCCC2N. The number of nitrogens with two attached hydrogens (primary N) is 1. The molecule has 0 aromatic carbocycles. The van der Waals surface area contributed by atoms with Gasteiger partial charge < -0.3 is 5.73 Å². The molecule has 0 saturated heterocycles. The van der Waals surface area contributed by atoms with Gasteiger partial charge in [0.05, 0.1) is 18.5 Å². The predicted molar refractivity (Wildman–Crippen MR) is 66.4 cm³/mol. The molecule has 0 fully saturated rings. The first-order valence-electron chi connectivity index (χ1n) is 5.95. The first-order chi connectivity index (χ1) is 7.97. The molecular weight excluding hydrogens is 238 g/mol. The van der Waals surface area contributed by atoms with Crippen LogP contribution in [-0.4, -0.2) is 30.2 Å². The Bertz CT molecular complexity index is 493. The maximum atomic E-state index is 11.2. The molecule has 17 heavy (non-hydrogen) atoms. The Kier molecular flexibility index (Phi) is 3.53. The van der Waals surface area contributed by atoms with Crippen molar-refractivity contribution in [2.75, 3.05) is 12.0 Å². The van der Waals surface area contributed by atoms with E-state index in [9.17, 15) is 8.42 Å². The van der Waals surface area contributed by atoms with E-state index in [0.29, 0.717) is 6.54 Å². The molecule has 1 aromatic heterocycles. The summed E-state index contributed by atoms with van der Waals surface area (Å²) in [7, 11) is -2.94. The van der Waals surface area contributed by atoms with E-state index in [1.54, 1.807) is 6.20 Å². The molecule has 0 radical (unpaired) electrons. The fourth-order valence-electron chi connectivity index (χ4n) is 2.27. The van der Waals surface area contributed by atoms with E-state index >= 15 is 0 Å². The Hall–Kier alpha value is -0.880. The van der Waals surface area contributed by atoms with Crippen molar-refractivity contribution in [1.82, 2.24) is 9.78 Å². The lowest BCUT2D eigenvalue weighted by molar-refractivity contribution is 0.572. The van der Waals surface area contributed by atoms with Crippen LogP contribution in [0.25, 0.3) is 0 Å². The fourth-order valence-corrected chi connectivity index (χ4v) is 2.77. The number of nitrogens with zero attached hydrogens (tertiary/aromatic N) is 2. The second kappa shape index (κ2) is 4.78. The summed E-state index contributed by atoms with van der Waals surface area (Å²) >= 11 is 0. The molecule has 1 aromatic rings. The third-order valence-electron chi connectivity index (χ3n) is 3.23. The number of hydrogen-bond acceptors (Lipinski definition) is 4. The van der Waals surface area contributed by atoms with Crippen LogP contribution in [-0.2, 0) is 22.8 Å². The predicted octanol–water partition coefficient (Wildman–Crippen LogP) is 0.654. The molecular formula is C11H19N3O2S. The van der Waals surface area contributed by atoms with E-state index in [1.807, 2.05) is 4.68 Å². The Balaban J connectivity index is 2.19. The first-order valence-corrected chi connectivity index (χ1v) is 8.01. The summed E-state index contributed by atoms with van der Waals surface area (Å²) in [6.45, 7) is 0.431. The van der Waals surface area contributed by atoms with E-state index < -0.39 is 9.84 Å². The minimum Gasteiger partial charge on any atom is -0.324 e. The minimum atomic E-state index is -2.94. The van der Waals surface area contributed by atoms with Gasteiger partial charge in [0.2, 0.25) is 0 Å². The van der Waals surface area contributed by atoms with Crippen LogP contribution in [0.4, 0.5) is 0 Å². The lowest BCUT2D eigenvalue weighted by Gasteiger charge is -2.09. The third kappa shape index (κ3) is 3.07. The van der Waals surface area contributed by atoms with Gasteiger partial charge in [0, 0.05) is 23.6 Å². The summed E-state index contributed by atoms with van der Waals surface area (Å²) in [6, 6.07) is 0.0551. The molecule has 0 saturated carbocycles. The number of hydrogen-bond donors (Lipinski definition) is 1. The Labute approximate surface area is 102 Å². The normalized spacial score (nSPS) is 20.9. The van der Waals surface area contributed by atoms with Crippen LogP contribution in [0.15, 0.2) is 6.20 Å². The van der Waals surface area contributed by atoms with Gasteiger partial charge in [-0.05, 0) is 19.3 Å². The number of aromatic nitrogens is 2. The molecule has 1 aliphatic carbocycles. The summed E-state index contributed by atoms with van der Waals surface area (Å²) in [4.78, 5) is 0. The van der Waals surface area contributed by atoms with Gasteiger partial charge in [-0.1, -0.05) is 6.42 Å². The molecule has 0 spiro atoms. The molecule has 1 atom stereocenters. The van der Waals surface area contributed by atoms with Crippen molar-refractivity contribution in [1.29, 1.82) is 0 Å². The minimum absolute atomic E-state index is 0.0551. The highest BCUT2D eigenvalue weighted by Crippen LogP contribution is 2.26. The average molecular weight is 257 g/mol. The standard InChI is InChI=1S/C11H19N3O2S/c1-17(15,16)7-6-14-11-5-3-2-4-10(12)9(11)8-13-14/h8,10H,2-7,12H2,1H3. The van der Waals surface area contributed by atoms with Crippen molar-refractivity contribution in [2.45, 2.75) is 38.3 Å². The zero-order chi connectivity index (χ0) is 12.5. The van der Waals surface area contributed by atoms with Crippen LogP contribution in [0.1, 0.15) is 36.6 Å². The highest BCUT2D eigenvalue weighted by Gasteiger charge is 2.20. The summed E-state index contributed by atoms with van der Waals surface area (Å²) in [5.41, 5.74) is 8.29. The maximum Gasteiger partial charge on any atom is 0.149 e. The van der Waals surface area contributed by atoms with Gasteiger partial charge in [-0.3, -0.25) is 4.68 Å². The van der Waals surface area contributed by atoms with Gasteiger partial charge in [-0.15, -0.1) is 0 Å². The van der Waals surface area contributed by atoms with Crippen LogP contribution < -0.4 is 5.73 Å². The number of fused-ring (bicyclic) bond motifs is 1. The maximum absolute atomic E-state index is 11.2. The molecule has 5 nitrogen and oxygen atoms in total. The van der Waals surface area contributed by atoms with Crippen LogP contribution in [0.2, 0.25) is 0 Å². The quantitative estimate of drug-likeness (QED) is 0.807. The van der Waals surface area contributed by atoms with Gasteiger partial charge in [0.1, 0.15) is 9.84 Å². The molecule has 2 rings (SSSR count). The van der Waals surface area contributed by atoms with Crippen LogP contribution in [0, 0.1) is 0 Å². The van der Waals surface area contributed by atoms with E-state index in [1.165, 1.54) is 6.26 Å². The van der Waals surface area contributed by atoms with Gasteiger partial charge >= 0.3 is 0 Å². The largest absolute Gasteiger partial charge is 0.324 e. The third-order valence-corrected chi connectivity index (χ3v) is 4.16. The van der Waals surface area contributed by atoms with Gasteiger partial charge in [-0.2, -0.15) is 5.10 Å². The molecule has 1 unspecified atom stereocenters. The second-order valence-electron chi connectivity index (χ2n) is 4.75. The van der Waals surface area contributed by atoms with Crippen molar-refractivity contribution in [3.05, 3.63) is 17.5 Å². The Morgan fingerprint density at radius 1 is 1.53 bits per heavy atom. The van der Waals surface area contributed by atoms with Crippen molar-refractivity contribution in [2.24, 2.45) is 5.73 Å². The van der Waals surface area contributed by atoms with E-state index in [0.717, 1.165) is 36.9 Å². The smallest absolute Gasteiger partial charge is 0.149 e. The number of aryl methyl sites for hydroxylation is 1. The zero-order valence-electron chi connectivity index (χ0n) is 10.1. The molecule has 2 N–H and O–H groups in total. The van der Waals surface area contributed by atoms with Crippen LogP contribution in [0.5, 0.6) is 0 Å². The zero-order valence-corrected chi connectivity index (χ0v) is 10.9. The van der Waals surface area contributed by atoms with E-state index in [2.05, 4.69) is 5.10 Å². The van der Waals surface area contributed by atoms with Gasteiger partial charge in [0.25, 0.3) is 0 Å². The summed E-state index contributed by atoms with van der Waals surface area (Å²) in [5.74, 6) is 0.135. The fraction of sp³-hybridized carbons (Fsp3) is 0.727. The van der Waals surface area contributed by atoms with Crippen molar-refractivity contribution >= 4 is 9.84 Å². The van der Waals surface area contributed by atoms with Crippen molar-refractivity contribution < 1.29 is 8.42 Å². The summed E-state index contributed by atoms with van der Waals surface area (Å²) < 4.78 is 24.1. The summed E-state index contributed by atoms with van der Waals surface area (Å²) in [5, 5.41) is 4.27. The Morgan fingerprint density at radius 3 is 3.00 bits per heavy atom. The number of sulfone groups is 1. The lowest BCUT2D eigenvalue weighted by Crippen LogP contribution is -2.15. The molecule has 96 valence electrons. The molecule has 6 heteroatoms. The van der Waals surface area contributed by atoms with E-state index in [4.69, 9.17) is 5.73 Å². The van der Waals surface area contributed by atoms with Crippen molar-refractivity contribution in [3.63, 3.8) is 0 Å². The second-order valence-corrected chi connectivity index (χ2v) is 7.01. The molecule has 1 heterocycles.